The van der Waals surface area contributed by atoms with Gasteiger partial charge in [0.15, 0.2) is 0 Å². The molecule has 0 radical (unpaired) electrons. The zero-order valence-corrected chi connectivity index (χ0v) is 11.6. The summed E-state index contributed by atoms with van der Waals surface area (Å²) in [6, 6.07) is 10.4. The molecule has 0 aliphatic rings. The summed E-state index contributed by atoms with van der Waals surface area (Å²) >= 11 is 0. The topological polar surface area (TPSA) is 63.8 Å². The van der Waals surface area contributed by atoms with Crippen molar-refractivity contribution in [2.24, 2.45) is 0 Å². The molecule has 1 atom stereocenters. The lowest BCUT2D eigenvalue weighted by Gasteiger charge is -2.16. The molecular weight excluding hydrogens is 236 g/mol. The zero-order valence-electron chi connectivity index (χ0n) is 11.6. The molecule has 100 valence electrons. The fourth-order valence-corrected chi connectivity index (χ4v) is 1.91. The second-order valence-electron chi connectivity index (χ2n) is 4.72. The van der Waals surface area contributed by atoms with Crippen LogP contribution in [0.3, 0.4) is 0 Å². The summed E-state index contributed by atoms with van der Waals surface area (Å²) in [7, 11) is 0. The number of aromatic nitrogens is 2. The Hall–Kier alpha value is -2.10. The van der Waals surface area contributed by atoms with Gasteiger partial charge in [-0.2, -0.15) is 0 Å². The molecule has 1 aromatic heterocycles. The molecule has 1 aromatic carbocycles. The molecule has 0 aliphatic heterocycles. The molecule has 0 saturated heterocycles. The summed E-state index contributed by atoms with van der Waals surface area (Å²) in [4.78, 5) is 8.60. The predicted octanol–water partition coefficient (Wildman–Crippen LogP) is 3.10. The lowest BCUT2D eigenvalue weighted by Crippen LogP contribution is -2.10. The van der Waals surface area contributed by atoms with Crippen LogP contribution in [0.5, 0.6) is 0 Å². The first kappa shape index (κ1) is 13.3. The number of aryl methyl sites for hydroxylation is 2. The van der Waals surface area contributed by atoms with Crippen molar-refractivity contribution in [3.8, 4) is 0 Å². The van der Waals surface area contributed by atoms with Crippen LogP contribution in [-0.4, -0.2) is 9.97 Å². The van der Waals surface area contributed by atoms with E-state index in [1.165, 1.54) is 11.1 Å². The fraction of sp³-hybridized carbons (Fsp3) is 0.333. The standard InChI is InChI=1S/C15H20N4/c1-4-14-18-13(16)9-15(19-14)17-11(3)12-7-5-10(2)6-8-12/h5-9,11H,4H2,1-3H3,(H3,16,17,18,19). The molecular formula is C15H20N4. The Bertz CT molecular complexity index is 549. The van der Waals surface area contributed by atoms with Crippen LogP contribution >= 0.6 is 0 Å². The number of hydrogen-bond donors (Lipinski definition) is 2. The van der Waals surface area contributed by atoms with Crippen LogP contribution in [0.4, 0.5) is 11.6 Å². The van der Waals surface area contributed by atoms with Crippen molar-refractivity contribution in [3.63, 3.8) is 0 Å². The maximum Gasteiger partial charge on any atom is 0.132 e. The van der Waals surface area contributed by atoms with Gasteiger partial charge in [0, 0.05) is 18.5 Å². The maximum absolute atomic E-state index is 5.78. The molecule has 2 rings (SSSR count). The Kier molecular flexibility index (Phi) is 4.00. The SMILES string of the molecule is CCc1nc(N)cc(NC(C)c2ccc(C)cc2)n1. The molecule has 19 heavy (non-hydrogen) atoms. The number of benzene rings is 1. The number of rotatable bonds is 4. The van der Waals surface area contributed by atoms with Crippen molar-refractivity contribution in [1.82, 2.24) is 9.97 Å². The molecule has 1 heterocycles. The van der Waals surface area contributed by atoms with Gasteiger partial charge in [-0.25, -0.2) is 9.97 Å². The van der Waals surface area contributed by atoms with Gasteiger partial charge in [-0.1, -0.05) is 36.8 Å². The van der Waals surface area contributed by atoms with Crippen molar-refractivity contribution >= 4 is 11.6 Å². The van der Waals surface area contributed by atoms with Gasteiger partial charge >= 0.3 is 0 Å². The normalized spacial score (nSPS) is 12.2. The maximum atomic E-state index is 5.78. The zero-order chi connectivity index (χ0) is 13.8. The van der Waals surface area contributed by atoms with Gasteiger partial charge in [0.2, 0.25) is 0 Å². The van der Waals surface area contributed by atoms with Crippen molar-refractivity contribution in [2.45, 2.75) is 33.2 Å². The third-order valence-electron chi connectivity index (χ3n) is 3.05. The van der Waals surface area contributed by atoms with E-state index in [9.17, 15) is 0 Å². The van der Waals surface area contributed by atoms with Crippen molar-refractivity contribution < 1.29 is 0 Å². The Morgan fingerprint density at radius 2 is 1.89 bits per heavy atom. The molecule has 3 N–H and O–H groups in total. The highest BCUT2D eigenvalue weighted by Crippen LogP contribution is 2.19. The molecule has 0 bridgehead atoms. The first-order chi connectivity index (χ1) is 9.08. The molecule has 0 amide bonds. The van der Waals surface area contributed by atoms with Gasteiger partial charge in [0.25, 0.3) is 0 Å². The van der Waals surface area contributed by atoms with E-state index in [0.29, 0.717) is 5.82 Å². The molecule has 4 heteroatoms. The third-order valence-corrected chi connectivity index (χ3v) is 3.05. The highest BCUT2D eigenvalue weighted by Gasteiger charge is 2.07. The minimum absolute atomic E-state index is 0.180. The molecule has 1 unspecified atom stereocenters. The molecule has 4 nitrogen and oxygen atoms in total. The van der Waals surface area contributed by atoms with E-state index in [4.69, 9.17) is 5.73 Å². The monoisotopic (exact) mass is 256 g/mol. The van der Waals surface area contributed by atoms with Crippen LogP contribution in [-0.2, 0) is 6.42 Å². The highest BCUT2D eigenvalue weighted by atomic mass is 15.1. The van der Waals surface area contributed by atoms with Crippen molar-refractivity contribution in [2.75, 3.05) is 11.1 Å². The van der Waals surface area contributed by atoms with E-state index in [1.807, 2.05) is 6.92 Å². The van der Waals surface area contributed by atoms with Gasteiger partial charge in [0.1, 0.15) is 17.5 Å². The van der Waals surface area contributed by atoms with Gasteiger partial charge in [0.05, 0.1) is 0 Å². The van der Waals surface area contributed by atoms with Crippen LogP contribution in [0.2, 0.25) is 0 Å². The Labute approximate surface area is 114 Å². The number of nitrogens with two attached hydrogens (primary N) is 1. The first-order valence-electron chi connectivity index (χ1n) is 6.55. The second-order valence-corrected chi connectivity index (χ2v) is 4.72. The van der Waals surface area contributed by atoms with Gasteiger partial charge in [-0.15, -0.1) is 0 Å². The van der Waals surface area contributed by atoms with Crippen LogP contribution < -0.4 is 11.1 Å². The van der Waals surface area contributed by atoms with Crippen LogP contribution in [0.25, 0.3) is 0 Å². The van der Waals surface area contributed by atoms with E-state index in [-0.39, 0.29) is 6.04 Å². The van der Waals surface area contributed by atoms with Crippen LogP contribution in [0.15, 0.2) is 30.3 Å². The second kappa shape index (κ2) is 5.69. The van der Waals surface area contributed by atoms with E-state index < -0.39 is 0 Å². The first-order valence-corrected chi connectivity index (χ1v) is 6.55. The number of nitrogens with one attached hydrogen (secondary N) is 1. The van der Waals surface area contributed by atoms with Crippen LogP contribution in [0, 0.1) is 6.92 Å². The van der Waals surface area contributed by atoms with Gasteiger partial charge in [-0.05, 0) is 19.4 Å². The summed E-state index contributed by atoms with van der Waals surface area (Å²) in [6.07, 6.45) is 0.776. The van der Waals surface area contributed by atoms with Gasteiger partial charge in [-0.3, -0.25) is 0 Å². The van der Waals surface area contributed by atoms with Crippen molar-refractivity contribution in [3.05, 3.63) is 47.3 Å². The highest BCUT2D eigenvalue weighted by molar-refractivity contribution is 5.46. The summed E-state index contributed by atoms with van der Waals surface area (Å²) in [5.74, 6) is 2.04. The predicted molar refractivity (Wildman–Crippen MR) is 79.0 cm³/mol. The summed E-state index contributed by atoms with van der Waals surface area (Å²) in [5, 5.41) is 3.36. The summed E-state index contributed by atoms with van der Waals surface area (Å²) in [6.45, 7) is 6.21. The largest absolute Gasteiger partial charge is 0.384 e. The minimum Gasteiger partial charge on any atom is -0.384 e. The average Bonchev–Trinajstić information content (AvgIpc) is 2.38. The summed E-state index contributed by atoms with van der Waals surface area (Å²) < 4.78 is 0. The quantitative estimate of drug-likeness (QED) is 0.882. The summed E-state index contributed by atoms with van der Waals surface area (Å²) in [5.41, 5.74) is 8.26. The van der Waals surface area contributed by atoms with E-state index in [0.717, 1.165) is 18.1 Å². The lowest BCUT2D eigenvalue weighted by molar-refractivity contribution is 0.858. The molecule has 0 saturated carbocycles. The minimum atomic E-state index is 0.180. The smallest absolute Gasteiger partial charge is 0.132 e. The Morgan fingerprint density at radius 1 is 1.21 bits per heavy atom. The Morgan fingerprint density at radius 3 is 2.53 bits per heavy atom. The number of nitrogen functional groups attached to an aromatic ring is 1. The van der Waals surface area contributed by atoms with E-state index >= 15 is 0 Å². The number of anilines is 2. The van der Waals surface area contributed by atoms with E-state index in [1.54, 1.807) is 6.07 Å². The molecule has 2 aromatic rings. The third kappa shape index (κ3) is 3.44. The molecule has 0 aliphatic carbocycles. The lowest BCUT2D eigenvalue weighted by atomic mass is 10.1. The van der Waals surface area contributed by atoms with E-state index in [2.05, 4.69) is 53.4 Å². The Balaban J connectivity index is 2.16. The van der Waals surface area contributed by atoms with Crippen LogP contribution in [0.1, 0.15) is 36.8 Å². The number of hydrogen-bond acceptors (Lipinski definition) is 4. The number of nitrogens with zero attached hydrogens (tertiary/aromatic N) is 2. The van der Waals surface area contributed by atoms with Gasteiger partial charge < -0.3 is 11.1 Å². The average molecular weight is 256 g/mol. The fourth-order valence-electron chi connectivity index (χ4n) is 1.91. The molecule has 0 fully saturated rings. The van der Waals surface area contributed by atoms with Crippen molar-refractivity contribution in [1.29, 1.82) is 0 Å². The molecule has 0 spiro atoms.